The summed E-state index contributed by atoms with van der Waals surface area (Å²) in [5, 5.41) is 17.9. The normalized spacial score (nSPS) is 17.3. The van der Waals surface area contributed by atoms with Gasteiger partial charge in [-0.1, -0.05) is 25.1 Å². The molecule has 10 nitrogen and oxygen atoms in total. The number of anilines is 3. The molecule has 0 bridgehead atoms. The molecule has 4 rings (SSSR count). The Balaban J connectivity index is 1.52. The Bertz CT molecular complexity index is 1470. The van der Waals surface area contributed by atoms with Gasteiger partial charge in [0.15, 0.2) is 0 Å². The predicted molar refractivity (Wildman–Crippen MR) is 160 cm³/mol. The maximum Gasteiger partial charge on any atom is 0.416 e. The number of alkyl halides is 3. The maximum atomic E-state index is 13.7. The van der Waals surface area contributed by atoms with E-state index < -0.39 is 41.9 Å². The number of ether oxygens (including phenoxy) is 1. The zero-order chi connectivity index (χ0) is 32.0. The van der Waals surface area contributed by atoms with Crippen molar-refractivity contribution < 1.29 is 37.4 Å². The number of aliphatic hydroxyl groups is 1. The van der Waals surface area contributed by atoms with Crippen molar-refractivity contribution in [3.8, 4) is 5.75 Å². The van der Waals surface area contributed by atoms with E-state index in [1.807, 2.05) is 13.0 Å². The quantitative estimate of drug-likeness (QED) is 0.271. The molecule has 0 saturated heterocycles. The van der Waals surface area contributed by atoms with Crippen molar-refractivity contribution in [2.75, 3.05) is 42.7 Å². The van der Waals surface area contributed by atoms with Gasteiger partial charge < -0.3 is 35.6 Å². The molecule has 0 aliphatic carbocycles. The molecule has 0 fully saturated rings. The Morgan fingerprint density at radius 3 is 2.25 bits per heavy atom. The number of benzene rings is 3. The number of para-hydroxylation sites is 1. The fourth-order valence-corrected chi connectivity index (χ4v) is 4.65. The Morgan fingerprint density at radius 2 is 1.61 bits per heavy atom. The number of rotatable bonds is 7. The molecule has 5 amide bonds. The summed E-state index contributed by atoms with van der Waals surface area (Å²) in [6, 6.07) is 16.0. The fraction of sp³-hybridized carbons (Fsp3) is 0.323. The lowest BCUT2D eigenvalue weighted by Gasteiger charge is -2.38. The van der Waals surface area contributed by atoms with Crippen LogP contribution in [0.1, 0.15) is 29.8 Å². The molecular formula is C31H34F3N5O5. The molecule has 0 radical (unpaired) electrons. The molecule has 1 heterocycles. The van der Waals surface area contributed by atoms with Crippen molar-refractivity contribution in [3.05, 3.63) is 83.9 Å². The first kappa shape index (κ1) is 32.1. The number of urea groups is 2. The van der Waals surface area contributed by atoms with Crippen LogP contribution >= 0.6 is 0 Å². The average molecular weight is 614 g/mol. The van der Waals surface area contributed by atoms with Crippen molar-refractivity contribution in [2.45, 2.75) is 32.2 Å². The van der Waals surface area contributed by atoms with Gasteiger partial charge >= 0.3 is 18.2 Å². The van der Waals surface area contributed by atoms with E-state index in [2.05, 4.69) is 16.0 Å². The zero-order valence-corrected chi connectivity index (χ0v) is 24.4. The summed E-state index contributed by atoms with van der Waals surface area (Å²) in [4.78, 5) is 42.0. The number of carbonyl (C=O) groups is 3. The van der Waals surface area contributed by atoms with Crippen molar-refractivity contribution in [2.24, 2.45) is 5.92 Å². The molecule has 13 heteroatoms. The van der Waals surface area contributed by atoms with Crippen LogP contribution in [0.15, 0.2) is 72.8 Å². The van der Waals surface area contributed by atoms with Gasteiger partial charge in [-0.05, 0) is 61.5 Å². The molecule has 1 aliphatic rings. The standard InChI is InChI=1S/C31H34F3N5O5/c1-19-16-39(20(2)18-40)28(41)25-15-24(36-29(42)35-22-7-5-4-6-8-22)13-14-26(25)44-27(19)17-38(3)30(43)37-23-11-9-21(10-12-23)31(32,33)34/h4-15,19-20,27,40H,16-18H2,1-3H3,(H,37,43)(H2,35,36,42)/t19-,20-,27-/m1/s1. The van der Waals surface area contributed by atoms with Crippen LogP contribution in [-0.2, 0) is 6.18 Å². The second-order valence-corrected chi connectivity index (χ2v) is 10.7. The van der Waals surface area contributed by atoms with E-state index in [4.69, 9.17) is 4.74 Å². The van der Waals surface area contributed by atoms with Gasteiger partial charge in [0.2, 0.25) is 0 Å². The van der Waals surface area contributed by atoms with E-state index in [9.17, 15) is 32.7 Å². The summed E-state index contributed by atoms with van der Waals surface area (Å²) in [7, 11) is 1.52. The molecule has 44 heavy (non-hydrogen) atoms. The van der Waals surface area contributed by atoms with Gasteiger partial charge in [0.05, 0.1) is 30.3 Å². The minimum Gasteiger partial charge on any atom is -0.487 e. The number of fused-ring (bicyclic) bond motifs is 1. The molecule has 1 aliphatic heterocycles. The maximum absolute atomic E-state index is 13.7. The molecule has 0 unspecified atom stereocenters. The van der Waals surface area contributed by atoms with Gasteiger partial charge in [0, 0.05) is 36.6 Å². The summed E-state index contributed by atoms with van der Waals surface area (Å²) in [5.74, 6) is -0.462. The van der Waals surface area contributed by atoms with Crippen molar-refractivity contribution in [1.29, 1.82) is 0 Å². The van der Waals surface area contributed by atoms with Crippen LogP contribution in [0, 0.1) is 5.92 Å². The molecule has 3 aromatic carbocycles. The third-order valence-corrected chi connectivity index (χ3v) is 7.22. The predicted octanol–water partition coefficient (Wildman–Crippen LogP) is 5.73. The van der Waals surface area contributed by atoms with Gasteiger partial charge in [0.1, 0.15) is 11.9 Å². The average Bonchev–Trinajstić information content (AvgIpc) is 2.99. The molecule has 0 aromatic heterocycles. The Kier molecular flexibility index (Phi) is 9.99. The summed E-state index contributed by atoms with van der Waals surface area (Å²) >= 11 is 0. The highest BCUT2D eigenvalue weighted by Gasteiger charge is 2.34. The third kappa shape index (κ3) is 7.98. The van der Waals surface area contributed by atoms with E-state index in [1.165, 1.54) is 35.0 Å². The first-order valence-corrected chi connectivity index (χ1v) is 13.9. The molecular weight excluding hydrogens is 579 g/mol. The number of amides is 5. The van der Waals surface area contributed by atoms with Crippen LogP contribution in [0.25, 0.3) is 0 Å². The lowest BCUT2D eigenvalue weighted by atomic mass is 9.99. The molecule has 4 N–H and O–H groups in total. The van der Waals surface area contributed by atoms with Crippen molar-refractivity contribution in [3.63, 3.8) is 0 Å². The zero-order valence-electron chi connectivity index (χ0n) is 24.4. The highest BCUT2D eigenvalue weighted by Crippen LogP contribution is 2.32. The van der Waals surface area contributed by atoms with Gasteiger partial charge in [-0.15, -0.1) is 0 Å². The molecule has 0 saturated carbocycles. The molecule has 0 spiro atoms. The minimum atomic E-state index is -4.49. The van der Waals surface area contributed by atoms with Crippen molar-refractivity contribution in [1.82, 2.24) is 9.80 Å². The number of halogens is 3. The highest BCUT2D eigenvalue weighted by molar-refractivity contribution is 6.02. The Hall–Kier alpha value is -4.78. The molecule has 3 atom stereocenters. The number of likely N-dealkylation sites (N-methyl/N-ethyl adjacent to an activating group) is 1. The smallest absolute Gasteiger partial charge is 0.416 e. The Morgan fingerprint density at radius 1 is 1.00 bits per heavy atom. The van der Waals surface area contributed by atoms with Gasteiger partial charge in [0.25, 0.3) is 5.91 Å². The summed E-state index contributed by atoms with van der Waals surface area (Å²) in [6.07, 6.45) is -5.10. The first-order valence-electron chi connectivity index (χ1n) is 13.9. The monoisotopic (exact) mass is 613 g/mol. The lowest BCUT2D eigenvalue weighted by Crippen LogP contribution is -2.50. The van der Waals surface area contributed by atoms with Crippen LogP contribution < -0.4 is 20.7 Å². The van der Waals surface area contributed by atoms with E-state index in [1.54, 1.807) is 43.3 Å². The van der Waals surface area contributed by atoms with Crippen LogP contribution in [-0.4, -0.2) is 71.8 Å². The highest BCUT2D eigenvalue weighted by atomic mass is 19.4. The number of carbonyl (C=O) groups excluding carboxylic acids is 3. The lowest BCUT2D eigenvalue weighted by molar-refractivity contribution is -0.137. The molecule has 234 valence electrons. The third-order valence-electron chi connectivity index (χ3n) is 7.22. The number of aliphatic hydroxyl groups excluding tert-OH is 1. The van der Waals surface area contributed by atoms with E-state index >= 15 is 0 Å². The minimum absolute atomic E-state index is 0.0715. The second-order valence-electron chi connectivity index (χ2n) is 10.7. The number of nitrogens with one attached hydrogen (secondary N) is 3. The summed E-state index contributed by atoms with van der Waals surface area (Å²) < 4.78 is 44.9. The van der Waals surface area contributed by atoms with E-state index in [-0.39, 0.29) is 42.6 Å². The SMILES string of the molecule is C[C@@H]1CN([C@H](C)CO)C(=O)c2cc(NC(=O)Nc3ccccc3)ccc2O[C@@H]1CN(C)C(=O)Nc1ccc(C(F)(F)F)cc1. The number of hydrogen-bond donors (Lipinski definition) is 4. The second kappa shape index (κ2) is 13.7. The van der Waals surface area contributed by atoms with Crippen LogP contribution in [0.3, 0.4) is 0 Å². The summed E-state index contributed by atoms with van der Waals surface area (Å²) in [6.45, 7) is 3.55. The van der Waals surface area contributed by atoms with Crippen LogP contribution in [0.4, 0.5) is 39.8 Å². The van der Waals surface area contributed by atoms with Crippen LogP contribution in [0.2, 0.25) is 0 Å². The molecule has 3 aromatic rings. The van der Waals surface area contributed by atoms with Gasteiger partial charge in [-0.25, -0.2) is 9.59 Å². The summed E-state index contributed by atoms with van der Waals surface area (Å²) in [5.41, 5.74) is 0.449. The van der Waals surface area contributed by atoms with E-state index in [0.717, 1.165) is 12.1 Å². The van der Waals surface area contributed by atoms with Gasteiger partial charge in [-0.3, -0.25) is 4.79 Å². The van der Waals surface area contributed by atoms with Gasteiger partial charge in [-0.2, -0.15) is 13.2 Å². The number of hydrogen-bond acceptors (Lipinski definition) is 5. The van der Waals surface area contributed by atoms with Crippen molar-refractivity contribution >= 4 is 35.0 Å². The first-order chi connectivity index (χ1) is 20.8. The topological polar surface area (TPSA) is 123 Å². The largest absolute Gasteiger partial charge is 0.487 e. The fourth-order valence-electron chi connectivity index (χ4n) is 4.65. The van der Waals surface area contributed by atoms with Crippen LogP contribution in [0.5, 0.6) is 5.75 Å². The van der Waals surface area contributed by atoms with E-state index in [0.29, 0.717) is 11.4 Å². The Labute approximate surface area is 252 Å². The number of nitrogens with zero attached hydrogens (tertiary/aromatic N) is 2.